The molecular weight excluding hydrogens is 556 g/mol. The molecule has 3 aromatic carbocycles. The van der Waals surface area contributed by atoms with Gasteiger partial charge in [0.1, 0.15) is 22.8 Å². The van der Waals surface area contributed by atoms with Gasteiger partial charge < -0.3 is 34.1 Å². The number of hydrogen-bond acceptors (Lipinski definition) is 8. The van der Waals surface area contributed by atoms with Crippen molar-refractivity contribution in [2.45, 2.75) is 45.1 Å². The Morgan fingerprint density at radius 2 is 1.67 bits per heavy atom. The third-order valence-corrected chi connectivity index (χ3v) is 6.23. The number of carbonyl (C=O) groups is 2. The Morgan fingerprint density at radius 1 is 0.977 bits per heavy atom. The van der Waals surface area contributed by atoms with E-state index in [-0.39, 0.29) is 18.8 Å². The Balaban J connectivity index is 2.15. The van der Waals surface area contributed by atoms with Crippen LogP contribution in [-0.4, -0.2) is 50.7 Å². The van der Waals surface area contributed by atoms with Crippen LogP contribution in [0.5, 0.6) is 17.2 Å². The summed E-state index contributed by atoms with van der Waals surface area (Å²) < 4.78 is 28.1. The highest BCUT2D eigenvalue weighted by atomic mass is 16.6. The molecular formula is C31H36N4O8. The maximum atomic E-state index is 12.5. The van der Waals surface area contributed by atoms with Gasteiger partial charge in [0.2, 0.25) is 0 Å². The van der Waals surface area contributed by atoms with E-state index < -0.39 is 29.7 Å². The van der Waals surface area contributed by atoms with E-state index >= 15 is 0 Å². The zero-order valence-corrected chi connectivity index (χ0v) is 25.0. The van der Waals surface area contributed by atoms with E-state index in [0.717, 1.165) is 5.56 Å². The number of aliphatic carboxylic acids is 1. The molecule has 0 bridgehead atoms. The zero-order chi connectivity index (χ0) is 31.6. The van der Waals surface area contributed by atoms with E-state index in [0.29, 0.717) is 33.9 Å². The van der Waals surface area contributed by atoms with Gasteiger partial charge in [-0.1, -0.05) is 41.5 Å². The van der Waals surface area contributed by atoms with E-state index in [9.17, 15) is 20.2 Å². The number of carbonyl (C=O) groups excluding carboxylic acids is 1. The van der Waals surface area contributed by atoms with Crippen LogP contribution in [0.15, 0.2) is 65.8 Å². The average Bonchev–Trinajstić information content (AvgIpc) is 2.98. The van der Waals surface area contributed by atoms with Crippen LogP contribution in [-0.2, 0) is 20.9 Å². The number of alkyl carbamates (subject to hydrolysis) is 1. The van der Waals surface area contributed by atoms with Crippen LogP contribution < -0.4 is 19.5 Å². The summed E-state index contributed by atoms with van der Waals surface area (Å²) >= 11 is 0. The van der Waals surface area contributed by atoms with E-state index in [1.165, 1.54) is 27.4 Å². The normalized spacial score (nSPS) is 12.3. The number of hydrogen-bond donors (Lipinski definition) is 2. The molecule has 0 aliphatic heterocycles. The summed E-state index contributed by atoms with van der Waals surface area (Å²) in [5.41, 5.74) is 11.2. The van der Waals surface area contributed by atoms with Crippen molar-refractivity contribution in [1.29, 1.82) is 0 Å². The van der Waals surface area contributed by atoms with Crippen LogP contribution >= 0.6 is 0 Å². The second kappa shape index (κ2) is 14.8. The number of rotatable bonds is 13. The van der Waals surface area contributed by atoms with Crippen molar-refractivity contribution >= 4 is 12.1 Å². The lowest BCUT2D eigenvalue weighted by Gasteiger charge is -2.24. The molecule has 0 saturated carbocycles. The number of azide groups is 1. The molecule has 0 unspecified atom stereocenters. The van der Waals surface area contributed by atoms with E-state index in [1.54, 1.807) is 45.0 Å². The number of benzene rings is 3. The lowest BCUT2D eigenvalue weighted by Crippen LogP contribution is -2.38. The molecule has 12 nitrogen and oxygen atoms in total. The van der Waals surface area contributed by atoms with Crippen molar-refractivity contribution in [3.05, 3.63) is 87.8 Å². The monoisotopic (exact) mass is 592 g/mol. The molecule has 2 atom stereocenters. The smallest absolute Gasteiger partial charge is 0.408 e. The van der Waals surface area contributed by atoms with Gasteiger partial charge in [0.05, 0.1) is 40.6 Å². The molecule has 0 aliphatic carbocycles. The predicted molar refractivity (Wildman–Crippen MR) is 159 cm³/mol. The minimum absolute atomic E-state index is 0.0161. The maximum Gasteiger partial charge on any atom is 0.408 e. The fraction of sp³-hybridized carbons (Fsp3) is 0.355. The van der Waals surface area contributed by atoms with Crippen molar-refractivity contribution in [1.82, 2.24) is 5.32 Å². The summed E-state index contributed by atoms with van der Waals surface area (Å²) in [4.78, 5) is 27.8. The molecule has 0 heterocycles. The third kappa shape index (κ3) is 8.78. The minimum atomic E-state index is -1.45. The molecule has 43 heavy (non-hydrogen) atoms. The fourth-order valence-corrected chi connectivity index (χ4v) is 4.36. The molecule has 0 fully saturated rings. The minimum Gasteiger partial charge on any atom is -0.497 e. The summed E-state index contributed by atoms with van der Waals surface area (Å²) in [7, 11) is 4.43. The van der Waals surface area contributed by atoms with Gasteiger partial charge >= 0.3 is 12.1 Å². The van der Waals surface area contributed by atoms with Crippen molar-refractivity contribution in [2.75, 3.05) is 27.9 Å². The summed E-state index contributed by atoms with van der Waals surface area (Å²) in [5.74, 6) is -0.148. The Hall–Kier alpha value is -4.93. The molecule has 0 radical (unpaired) electrons. The molecule has 228 valence electrons. The topological polar surface area (TPSA) is 161 Å². The van der Waals surface area contributed by atoms with E-state index in [4.69, 9.17) is 23.7 Å². The van der Waals surface area contributed by atoms with Crippen LogP contribution in [0.1, 0.15) is 49.5 Å². The lowest BCUT2D eigenvalue weighted by atomic mass is 9.91. The molecule has 0 aromatic heterocycles. The number of carboxylic acid groups (broad SMARTS) is 1. The standard InChI is InChI=1S/C31H36N4O8/c1-31(2,3)43-30(38)33-28(29(36)37)20-12-13-25(40-5)23(14-20)27-22(15-21(39-4)16-26(27)41-6)24(34-35-32)18-42-17-19-10-8-7-9-11-19/h7-16,24,28H,17-18H2,1-6H3,(H,33,38)(H,36,37)/t24-,28-/m1/s1. The molecule has 2 N–H and O–H groups in total. The van der Waals surface area contributed by atoms with Gasteiger partial charge in [-0.25, -0.2) is 9.59 Å². The first-order valence-electron chi connectivity index (χ1n) is 13.3. The van der Waals surface area contributed by atoms with E-state index in [1.807, 2.05) is 30.3 Å². The Morgan fingerprint density at radius 3 is 2.26 bits per heavy atom. The number of amides is 1. The summed E-state index contributed by atoms with van der Waals surface area (Å²) in [6.45, 7) is 5.32. The Kier molecular flexibility index (Phi) is 11.2. The van der Waals surface area contributed by atoms with Crippen LogP contribution in [0.4, 0.5) is 4.79 Å². The molecule has 1 amide bonds. The van der Waals surface area contributed by atoms with Crippen molar-refractivity contribution in [3.8, 4) is 28.4 Å². The van der Waals surface area contributed by atoms with E-state index in [2.05, 4.69) is 15.3 Å². The van der Waals surface area contributed by atoms with Gasteiger partial charge in [-0.2, -0.15) is 0 Å². The third-order valence-electron chi connectivity index (χ3n) is 6.23. The fourth-order valence-electron chi connectivity index (χ4n) is 4.36. The van der Waals surface area contributed by atoms with Crippen molar-refractivity contribution < 1.29 is 38.4 Å². The van der Waals surface area contributed by atoms with Gasteiger partial charge in [-0.05, 0) is 61.2 Å². The summed E-state index contributed by atoms with van der Waals surface area (Å²) in [6, 6.07) is 15.3. The number of nitrogens with one attached hydrogen (secondary N) is 1. The molecule has 12 heteroatoms. The van der Waals surface area contributed by atoms with Crippen molar-refractivity contribution in [2.24, 2.45) is 5.11 Å². The van der Waals surface area contributed by atoms with Gasteiger partial charge in [0, 0.05) is 22.1 Å². The highest BCUT2D eigenvalue weighted by Gasteiger charge is 2.29. The second-order valence-electron chi connectivity index (χ2n) is 10.4. The van der Waals surface area contributed by atoms with Gasteiger partial charge in [0.25, 0.3) is 0 Å². The predicted octanol–water partition coefficient (Wildman–Crippen LogP) is 6.60. The Labute approximate surface area is 250 Å². The van der Waals surface area contributed by atoms with Crippen LogP contribution in [0, 0.1) is 0 Å². The summed E-state index contributed by atoms with van der Waals surface area (Å²) in [5, 5.41) is 16.4. The first-order valence-corrected chi connectivity index (χ1v) is 13.3. The summed E-state index contributed by atoms with van der Waals surface area (Å²) in [6.07, 6.45) is -0.890. The maximum absolute atomic E-state index is 12.5. The first-order chi connectivity index (χ1) is 20.5. The van der Waals surface area contributed by atoms with Crippen LogP contribution in [0.25, 0.3) is 21.6 Å². The molecule has 0 aliphatic rings. The largest absolute Gasteiger partial charge is 0.497 e. The van der Waals surface area contributed by atoms with Crippen molar-refractivity contribution in [3.63, 3.8) is 0 Å². The highest BCUT2D eigenvalue weighted by molar-refractivity contribution is 5.85. The molecule has 3 rings (SSSR count). The average molecular weight is 593 g/mol. The highest BCUT2D eigenvalue weighted by Crippen LogP contribution is 2.45. The van der Waals surface area contributed by atoms with Gasteiger partial charge in [0.15, 0.2) is 6.04 Å². The molecule has 0 saturated heterocycles. The molecule has 3 aromatic rings. The van der Waals surface area contributed by atoms with Gasteiger partial charge in [-0.15, -0.1) is 0 Å². The Bertz CT molecular complexity index is 1470. The SMILES string of the molecule is COc1cc(OC)c(-c2cc([C@@H](NC(=O)OC(C)(C)C)C(=O)O)ccc2OC)c([C@@H](COCc2ccccc2)N=[N+]=[N-])c1. The second-order valence-corrected chi connectivity index (χ2v) is 10.4. The lowest BCUT2D eigenvalue weighted by molar-refractivity contribution is -0.139. The first kappa shape index (κ1) is 32.6. The van der Waals surface area contributed by atoms with Crippen LogP contribution in [0.3, 0.4) is 0 Å². The number of ether oxygens (including phenoxy) is 5. The quantitative estimate of drug-likeness (QED) is 0.127. The number of carboxylic acids is 1. The zero-order valence-electron chi connectivity index (χ0n) is 25.0. The van der Waals surface area contributed by atoms with Crippen LogP contribution in [0.2, 0.25) is 0 Å². The van der Waals surface area contributed by atoms with Gasteiger partial charge in [-0.3, -0.25) is 0 Å². The molecule has 0 spiro atoms. The number of nitrogens with zero attached hydrogens (tertiary/aromatic N) is 3. The number of methoxy groups -OCH3 is 3.